The largest absolute Gasteiger partial charge is 0.309 e. The summed E-state index contributed by atoms with van der Waals surface area (Å²) in [5.41, 5.74) is 2.89. The number of hydrogen-bond donors (Lipinski definition) is 0. The van der Waals surface area contributed by atoms with Crippen LogP contribution in [0, 0.1) is 0 Å². The van der Waals surface area contributed by atoms with Crippen molar-refractivity contribution in [3.05, 3.63) is 60.2 Å². The van der Waals surface area contributed by atoms with Gasteiger partial charge in [-0.05, 0) is 43.5 Å². The van der Waals surface area contributed by atoms with Crippen molar-refractivity contribution >= 4 is 23.2 Å². The zero-order valence-corrected chi connectivity index (χ0v) is 18.5. The zero-order chi connectivity index (χ0) is 21.5. The molecule has 0 unspecified atom stereocenters. The Kier molecular flexibility index (Phi) is 7.67. The van der Waals surface area contributed by atoms with E-state index in [0.717, 1.165) is 36.2 Å². The molecule has 0 aromatic heterocycles. The minimum Gasteiger partial charge on any atom is -0.309 e. The molecule has 0 N–H and O–H groups in total. The number of rotatable bonds is 8. The predicted molar refractivity (Wildman–Crippen MR) is 124 cm³/mol. The van der Waals surface area contributed by atoms with Crippen LogP contribution in [0.25, 0.3) is 0 Å². The van der Waals surface area contributed by atoms with E-state index in [9.17, 15) is 9.59 Å². The van der Waals surface area contributed by atoms with E-state index >= 15 is 0 Å². The molecule has 0 bridgehead atoms. The lowest BCUT2D eigenvalue weighted by Gasteiger charge is -2.43. The number of nitrogens with zero attached hydrogens (tertiary/aromatic N) is 2. The first-order valence-corrected chi connectivity index (χ1v) is 11.3. The number of hydrogen-bond acceptors (Lipinski definition) is 2. The van der Waals surface area contributed by atoms with Gasteiger partial charge in [0.25, 0.3) is 0 Å². The van der Waals surface area contributed by atoms with Gasteiger partial charge in [0.05, 0.1) is 6.04 Å². The van der Waals surface area contributed by atoms with Gasteiger partial charge in [-0.15, -0.1) is 0 Å². The summed E-state index contributed by atoms with van der Waals surface area (Å²) in [7, 11) is 0. The summed E-state index contributed by atoms with van der Waals surface area (Å²) < 4.78 is 0. The second-order valence-corrected chi connectivity index (χ2v) is 8.31. The molecule has 2 atom stereocenters. The summed E-state index contributed by atoms with van der Waals surface area (Å²) >= 11 is 0. The lowest BCUT2D eigenvalue weighted by atomic mass is 9.89. The molecule has 160 valence electrons. The van der Waals surface area contributed by atoms with E-state index in [0.29, 0.717) is 6.42 Å². The summed E-state index contributed by atoms with van der Waals surface area (Å²) in [6, 6.07) is 17.8. The standard InChI is InChI=1S/C26H34N2O2/c1-4-5-6-7-11-18-26(30)27-20(2)19-25(23-16-12-13-17-24(23)27)28(21(3)29)22-14-9-8-10-15-22/h8-10,12-17,20,25H,4-7,11,18-19H2,1-3H3/t20-,25-/m1/s1. The normalized spacial score (nSPS) is 18.0. The summed E-state index contributed by atoms with van der Waals surface area (Å²) in [4.78, 5) is 29.6. The van der Waals surface area contributed by atoms with E-state index < -0.39 is 0 Å². The Labute approximate surface area is 180 Å². The topological polar surface area (TPSA) is 40.6 Å². The fraction of sp³-hybridized carbons (Fsp3) is 0.462. The van der Waals surface area contributed by atoms with Crippen LogP contribution in [0.1, 0.15) is 77.3 Å². The van der Waals surface area contributed by atoms with Crippen molar-refractivity contribution in [1.29, 1.82) is 0 Å². The van der Waals surface area contributed by atoms with Crippen molar-refractivity contribution in [1.82, 2.24) is 0 Å². The van der Waals surface area contributed by atoms with Crippen molar-refractivity contribution in [3.8, 4) is 0 Å². The number of benzene rings is 2. The summed E-state index contributed by atoms with van der Waals surface area (Å²) in [6.07, 6.45) is 7.01. The molecular formula is C26H34N2O2. The molecule has 1 aliphatic rings. The van der Waals surface area contributed by atoms with E-state index in [1.54, 1.807) is 6.92 Å². The number of para-hydroxylation sites is 2. The molecule has 4 nitrogen and oxygen atoms in total. The van der Waals surface area contributed by atoms with Crippen LogP contribution in [-0.2, 0) is 9.59 Å². The Hall–Kier alpha value is -2.62. The molecule has 1 aliphatic heterocycles. The Morgan fingerprint density at radius 2 is 1.63 bits per heavy atom. The molecule has 0 spiro atoms. The van der Waals surface area contributed by atoms with Crippen LogP contribution < -0.4 is 9.80 Å². The highest BCUT2D eigenvalue weighted by Gasteiger charge is 2.37. The highest BCUT2D eigenvalue weighted by Crippen LogP contribution is 2.42. The molecule has 0 aliphatic carbocycles. The molecule has 0 radical (unpaired) electrons. The van der Waals surface area contributed by atoms with Crippen LogP contribution in [0.15, 0.2) is 54.6 Å². The third kappa shape index (κ3) is 4.92. The number of carbonyl (C=O) groups is 2. The van der Waals surface area contributed by atoms with Crippen molar-refractivity contribution in [2.75, 3.05) is 9.80 Å². The van der Waals surface area contributed by atoms with Crippen LogP contribution in [0.3, 0.4) is 0 Å². The first-order chi connectivity index (χ1) is 14.5. The van der Waals surface area contributed by atoms with E-state index in [2.05, 4.69) is 19.9 Å². The van der Waals surface area contributed by atoms with Gasteiger partial charge in [-0.25, -0.2) is 0 Å². The quantitative estimate of drug-likeness (QED) is 0.485. The Morgan fingerprint density at radius 3 is 2.33 bits per heavy atom. The molecule has 30 heavy (non-hydrogen) atoms. The maximum absolute atomic E-state index is 13.1. The average molecular weight is 407 g/mol. The van der Waals surface area contributed by atoms with E-state index in [4.69, 9.17) is 0 Å². The van der Waals surface area contributed by atoms with Crippen LogP contribution in [0.5, 0.6) is 0 Å². The SMILES string of the molecule is CCCCCCCC(=O)N1c2ccccc2[C@H](N(C(C)=O)c2ccccc2)C[C@H]1C. The predicted octanol–water partition coefficient (Wildman–Crippen LogP) is 6.27. The molecule has 3 rings (SSSR count). The zero-order valence-electron chi connectivity index (χ0n) is 18.5. The second kappa shape index (κ2) is 10.4. The van der Waals surface area contributed by atoms with Crippen LogP contribution in [-0.4, -0.2) is 17.9 Å². The van der Waals surface area contributed by atoms with Gasteiger partial charge in [-0.2, -0.15) is 0 Å². The Bertz CT molecular complexity index is 849. The van der Waals surface area contributed by atoms with E-state index in [1.165, 1.54) is 19.3 Å². The first-order valence-electron chi connectivity index (χ1n) is 11.3. The molecule has 2 aromatic rings. The van der Waals surface area contributed by atoms with Gasteiger partial charge in [-0.3, -0.25) is 9.59 Å². The number of amides is 2. The number of carbonyl (C=O) groups excluding carboxylic acids is 2. The monoisotopic (exact) mass is 406 g/mol. The average Bonchev–Trinajstić information content (AvgIpc) is 2.74. The maximum Gasteiger partial charge on any atom is 0.227 e. The number of fused-ring (bicyclic) bond motifs is 1. The first kappa shape index (κ1) is 22.1. The minimum absolute atomic E-state index is 0.0175. The molecule has 0 fully saturated rings. The Morgan fingerprint density at radius 1 is 0.967 bits per heavy atom. The van der Waals surface area contributed by atoms with Crippen LogP contribution in [0.2, 0.25) is 0 Å². The van der Waals surface area contributed by atoms with Crippen LogP contribution >= 0.6 is 0 Å². The highest BCUT2D eigenvalue weighted by molar-refractivity contribution is 5.97. The lowest BCUT2D eigenvalue weighted by molar-refractivity contribution is -0.119. The van der Waals surface area contributed by atoms with Crippen LogP contribution in [0.4, 0.5) is 11.4 Å². The summed E-state index contributed by atoms with van der Waals surface area (Å²) in [5.74, 6) is 0.211. The van der Waals surface area contributed by atoms with Crippen molar-refractivity contribution in [3.63, 3.8) is 0 Å². The molecule has 2 amide bonds. The number of unbranched alkanes of at least 4 members (excludes halogenated alkanes) is 4. The fourth-order valence-corrected chi connectivity index (χ4v) is 4.58. The van der Waals surface area contributed by atoms with Gasteiger partial charge in [0.1, 0.15) is 0 Å². The third-order valence-corrected chi connectivity index (χ3v) is 6.01. The minimum atomic E-state index is -0.0790. The van der Waals surface area contributed by atoms with Crippen molar-refractivity contribution in [2.45, 2.75) is 77.8 Å². The van der Waals surface area contributed by atoms with Gasteiger partial charge in [0, 0.05) is 30.8 Å². The Balaban J connectivity index is 1.86. The van der Waals surface area contributed by atoms with E-state index in [1.807, 2.05) is 58.3 Å². The molecular weight excluding hydrogens is 372 g/mol. The molecule has 2 aromatic carbocycles. The molecule has 0 saturated heterocycles. The summed E-state index contributed by atoms with van der Waals surface area (Å²) in [5, 5.41) is 0. The van der Waals surface area contributed by atoms with Gasteiger partial charge in [0.15, 0.2) is 0 Å². The van der Waals surface area contributed by atoms with Gasteiger partial charge in [-0.1, -0.05) is 69.0 Å². The lowest BCUT2D eigenvalue weighted by Crippen LogP contribution is -2.47. The third-order valence-electron chi connectivity index (χ3n) is 6.01. The summed E-state index contributed by atoms with van der Waals surface area (Å²) in [6.45, 7) is 5.92. The van der Waals surface area contributed by atoms with Gasteiger partial charge in [0.2, 0.25) is 11.8 Å². The smallest absolute Gasteiger partial charge is 0.227 e. The van der Waals surface area contributed by atoms with Crippen molar-refractivity contribution < 1.29 is 9.59 Å². The fourth-order valence-electron chi connectivity index (χ4n) is 4.58. The van der Waals surface area contributed by atoms with Gasteiger partial charge >= 0.3 is 0 Å². The molecule has 0 saturated carbocycles. The highest BCUT2D eigenvalue weighted by atomic mass is 16.2. The van der Waals surface area contributed by atoms with Crippen molar-refractivity contribution in [2.24, 2.45) is 0 Å². The molecule has 1 heterocycles. The molecule has 4 heteroatoms. The van der Waals surface area contributed by atoms with E-state index in [-0.39, 0.29) is 23.9 Å². The maximum atomic E-state index is 13.1. The second-order valence-electron chi connectivity index (χ2n) is 8.31. The number of anilines is 2. The van der Waals surface area contributed by atoms with Gasteiger partial charge < -0.3 is 9.80 Å².